The normalized spacial score (nSPS) is 14.8. The van der Waals surface area contributed by atoms with E-state index in [4.69, 9.17) is 17.3 Å². The van der Waals surface area contributed by atoms with Crippen molar-refractivity contribution in [3.8, 4) is 0 Å². The number of pyridine rings is 2. The van der Waals surface area contributed by atoms with Gasteiger partial charge < -0.3 is 16.0 Å². The van der Waals surface area contributed by atoms with Crippen molar-refractivity contribution in [3.05, 3.63) is 69.3 Å². The molecule has 1 aliphatic rings. The Morgan fingerprint density at radius 3 is 2.73 bits per heavy atom. The van der Waals surface area contributed by atoms with Gasteiger partial charge in [-0.2, -0.15) is 13.2 Å². The lowest BCUT2D eigenvalue weighted by atomic mass is 10.1. The summed E-state index contributed by atoms with van der Waals surface area (Å²) in [5.41, 5.74) is 6.62. The van der Waals surface area contributed by atoms with E-state index < -0.39 is 28.6 Å². The summed E-state index contributed by atoms with van der Waals surface area (Å²) in [5.74, 6) is -1.06. The third-order valence-corrected chi connectivity index (χ3v) is 5.02. The van der Waals surface area contributed by atoms with E-state index in [-0.39, 0.29) is 18.7 Å². The van der Waals surface area contributed by atoms with Gasteiger partial charge in [-0.1, -0.05) is 11.6 Å². The molecule has 0 saturated carbocycles. The van der Waals surface area contributed by atoms with Crippen LogP contribution in [0.15, 0.2) is 35.9 Å². The number of nitrogens with zero attached hydrogens (tertiary/aromatic N) is 3. The molecule has 1 amide bonds. The quantitative estimate of drug-likeness (QED) is 0.707. The van der Waals surface area contributed by atoms with Crippen molar-refractivity contribution in [2.24, 2.45) is 5.73 Å². The molecular formula is C19H18ClF4N5O. The zero-order valence-electron chi connectivity index (χ0n) is 15.9. The molecule has 30 heavy (non-hydrogen) atoms. The van der Waals surface area contributed by atoms with Gasteiger partial charge in [0.25, 0.3) is 5.91 Å². The van der Waals surface area contributed by atoms with Gasteiger partial charge in [0.15, 0.2) is 5.69 Å². The molecule has 2 aromatic heterocycles. The maximum Gasteiger partial charge on any atom is 0.434 e. The van der Waals surface area contributed by atoms with Crippen LogP contribution in [0.5, 0.6) is 0 Å². The van der Waals surface area contributed by atoms with Crippen LogP contribution in [0.4, 0.5) is 17.6 Å². The van der Waals surface area contributed by atoms with Gasteiger partial charge in [0.2, 0.25) is 0 Å². The molecule has 6 nitrogen and oxygen atoms in total. The van der Waals surface area contributed by atoms with Crippen molar-refractivity contribution in [2.45, 2.75) is 26.1 Å². The van der Waals surface area contributed by atoms with Crippen LogP contribution in [-0.4, -0.2) is 33.9 Å². The van der Waals surface area contributed by atoms with Crippen LogP contribution in [0.2, 0.25) is 5.02 Å². The monoisotopic (exact) mass is 443 g/mol. The van der Waals surface area contributed by atoms with Crippen LogP contribution in [0.25, 0.3) is 0 Å². The molecule has 2 aromatic rings. The first-order valence-electron chi connectivity index (χ1n) is 8.91. The molecule has 3 heterocycles. The lowest BCUT2D eigenvalue weighted by molar-refractivity contribution is -0.141. The van der Waals surface area contributed by atoms with Gasteiger partial charge in [-0.25, -0.2) is 4.39 Å². The van der Waals surface area contributed by atoms with E-state index in [2.05, 4.69) is 15.3 Å². The highest BCUT2D eigenvalue weighted by atomic mass is 35.5. The van der Waals surface area contributed by atoms with Crippen molar-refractivity contribution >= 4 is 17.5 Å². The van der Waals surface area contributed by atoms with Crippen molar-refractivity contribution in [3.63, 3.8) is 0 Å². The van der Waals surface area contributed by atoms with E-state index >= 15 is 0 Å². The Balaban J connectivity index is 1.70. The standard InChI is InChI=1S/C19H18ClF4N5O/c1-10-6-11(27-8-13(10)21)7-28-15-3-5-29(9-14(15)25)18(30)12-2-4-26-17(16(12)20)19(22,23)24/h2,4,6,8,28H,3,5,7,9,25H2,1H3. The summed E-state index contributed by atoms with van der Waals surface area (Å²) in [7, 11) is 0. The molecule has 3 rings (SSSR count). The highest BCUT2D eigenvalue weighted by molar-refractivity contribution is 6.34. The molecule has 0 unspecified atom stereocenters. The number of aromatic nitrogens is 2. The number of nitrogens with one attached hydrogen (secondary N) is 1. The first kappa shape index (κ1) is 21.8. The van der Waals surface area contributed by atoms with E-state index in [1.165, 1.54) is 4.90 Å². The summed E-state index contributed by atoms with van der Waals surface area (Å²) < 4.78 is 52.3. The number of carbonyl (C=O) groups is 1. The molecule has 0 fully saturated rings. The van der Waals surface area contributed by atoms with Crippen molar-refractivity contribution < 1.29 is 22.4 Å². The molecule has 0 aromatic carbocycles. The fourth-order valence-electron chi connectivity index (χ4n) is 3.03. The van der Waals surface area contributed by atoms with Crippen LogP contribution in [0.3, 0.4) is 0 Å². The van der Waals surface area contributed by atoms with Crippen molar-refractivity contribution in [1.82, 2.24) is 20.2 Å². The van der Waals surface area contributed by atoms with Gasteiger partial charge in [-0.05, 0) is 24.6 Å². The second-order valence-electron chi connectivity index (χ2n) is 6.78. The number of aryl methyl sites for hydroxylation is 1. The number of hydrogen-bond donors (Lipinski definition) is 2. The maximum absolute atomic E-state index is 13.3. The van der Waals surface area contributed by atoms with E-state index in [0.717, 1.165) is 18.5 Å². The van der Waals surface area contributed by atoms with Gasteiger partial charge in [0.05, 0.1) is 35.6 Å². The Bertz CT molecular complexity index is 1010. The molecule has 160 valence electrons. The van der Waals surface area contributed by atoms with Gasteiger partial charge in [-0.3, -0.25) is 14.8 Å². The number of alkyl halides is 3. The van der Waals surface area contributed by atoms with Crippen LogP contribution in [0, 0.1) is 12.7 Å². The second-order valence-corrected chi connectivity index (χ2v) is 7.16. The number of hydrogen-bond acceptors (Lipinski definition) is 5. The SMILES string of the molecule is Cc1cc(CNC2=C(N)CN(C(=O)c3ccnc(C(F)(F)F)c3Cl)CC2)ncc1F. The smallest absolute Gasteiger partial charge is 0.399 e. The summed E-state index contributed by atoms with van der Waals surface area (Å²) in [4.78, 5) is 21.2. The van der Waals surface area contributed by atoms with Crippen LogP contribution >= 0.6 is 11.6 Å². The number of rotatable bonds is 4. The minimum Gasteiger partial charge on any atom is -0.399 e. The fraction of sp³-hybridized carbons (Fsp3) is 0.316. The summed E-state index contributed by atoms with van der Waals surface area (Å²) in [6.45, 7) is 2.21. The van der Waals surface area contributed by atoms with E-state index in [1.807, 2.05) is 0 Å². The fourth-order valence-corrected chi connectivity index (χ4v) is 3.33. The van der Waals surface area contributed by atoms with Gasteiger partial charge >= 0.3 is 6.18 Å². The van der Waals surface area contributed by atoms with Crippen LogP contribution < -0.4 is 11.1 Å². The van der Waals surface area contributed by atoms with Gasteiger partial charge in [0, 0.05) is 30.6 Å². The molecule has 0 atom stereocenters. The summed E-state index contributed by atoms with van der Waals surface area (Å²) in [6, 6.07) is 2.76. The number of carbonyl (C=O) groups excluding carboxylic acids is 1. The summed E-state index contributed by atoms with van der Waals surface area (Å²) in [5, 5.41) is 2.38. The number of amides is 1. The van der Waals surface area contributed by atoms with Crippen molar-refractivity contribution in [2.75, 3.05) is 13.1 Å². The Morgan fingerprint density at radius 2 is 2.10 bits per heavy atom. The average Bonchev–Trinajstić information content (AvgIpc) is 2.68. The zero-order valence-corrected chi connectivity index (χ0v) is 16.6. The molecular weight excluding hydrogens is 426 g/mol. The molecule has 0 spiro atoms. The molecule has 0 saturated heterocycles. The lowest BCUT2D eigenvalue weighted by Crippen LogP contribution is -2.41. The van der Waals surface area contributed by atoms with Gasteiger partial charge in [-0.15, -0.1) is 0 Å². The lowest BCUT2D eigenvalue weighted by Gasteiger charge is -2.30. The largest absolute Gasteiger partial charge is 0.434 e. The summed E-state index contributed by atoms with van der Waals surface area (Å²) >= 11 is 5.79. The van der Waals surface area contributed by atoms with E-state index in [0.29, 0.717) is 35.6 Å². The first-order chi connectivity index (χ1) is 14.1. The molecule has 0 aliphatic carbocycles. The summed E-state index contributed by atoms with van der Waals surface area (Å²) in [6.07, 6.45) is -2.36. The zero-order chi connectivity index (χ0) is 22.1. The number of nitrogens with two attached hydrogens (primary N) is 1. The highest BCUT2D eigenvalue weighted by Gasteiger charge is 2.37. The average molecular weight is 444 g/mol. The van der Waals surface area contributed by atoms with E-state index in [9.17, 15) is 22.4 Å². The van der Waals surface area contributed by atoms with Crippen molar-refractivity contribution in [1.29, 1.82) is 0 Å². The highest BCUT2D eigenvalue weighted by Crippen LogP contribution is 2.35. The second kappa shape index (κ2) is 8.47. The predicted molar refractivity (Wildman–Crippen MR) is 102 cm³/mol. The van der Waals surface area contributed by atoms with Crippen LogP contribution in [-0.2, 0) is 12.7 Å². The van der Waals surface area contributed by atoms with Gasteiger partial charge in [0.1, 0.15) is 5.82 Å². The third-order valence-electron chi connectivity index (χ3n) is 4.64. The minimum absolute atomic E-state index is 0.0248. The molecule has 0 bridgehead atoms. The Hall–Kier alpha value is -2.88. The minimum atomic E-state index is -4.77. The predicted octanol–water partition coefficient (Wildman–Crippen LogP) is 3.40. The first-order valence-corrected chi connectivity index (χ1v) is 9.29. The molecule has 3 N–H and O–H groups in total. The molecule has 0 radical (unpaired) electrons. The number of halogens is 5. The third kappa shape index (κ3) is 4.64. The molecule has 1 aliphatic heterocycles. The Labute approximate surface area is 174 Å². The Morgan fingerprint density at radius 1 is 1.37 bits per heavy atom. The maximum atomic E-state index is 13.3. The Kier molecular flexibility index (Phi) is 6.16. The van der Waals surface area contributed by atoms with Crippen LogP contribution in [0.1, 0.15) is 33.7 Å². The van der Waals surface area contributed by atoms with E-state index in [1.54, 1.807) is 13.0 Å². The molecule has 11 heteroatoms. The topological polar surface area (TPSA) is 84.1 Å².